The molecular weight excluding hydrogens is 637 g/mol. The summed E-state index contributed by atoms with van der Waals surface area (Å²) >= 11 is 12.4. The van der Waals surface area contributed by atoms with E-state index in [1.807, 2.05) is 12.1 Å². The number of ether oxygens (including phenoxy) is 1. The van der Waals surface area contributed by atoms with E-state index in [1.165, 1.54) is 12.1 Å². The first-order valence-electron chi connectivity index (χ1n) is 12.2. The summed E-state index contributed by atoms with van der Waals surface area (Å²) in [5, 5.41) is 33.0. The van der Waals surface area contributed by atoms with Gasteiger partial charge in [0, 0.05) is 11.6 Å². The summed E-state index contributed by atoms with van der Waals surface area (Å²) in [6, 6.07) is 14.8. The number of nitrogens with zero attached hydrogens (tertiary/aromatic N) is 5. The highest BCUT2D eigenvalue weighted by Gasteiger charge is 2.47. The molecule has 3 heterocycles. The van der Waals surface area contributed by atoms with Gasteiger partial charge in [-0.15, -0.1) is 5.10 Å². The summed E-state index contributed by atoms with van der Waals surface area (Å²) in [6.45, 7) is -0.388. The van der Waals surface area contributed by atoms with Crippen LogP contribution in [0.2, 0.25) is 10.3 Å². The molecule has 0 radical (unpaired) electrons. The molecule has 224 valence electrons. The van der Waals surface area contributed by atoms with Gasteiger partial charge in [0.1, 0.15) is 24.1 Å². The highest BCUT2D eigenvalue weighted by atomic mass is 35.5. The third-order valence-electron chi connectivity index (χ3n) is 6.06. The average Bonchev–Trinajstić information content (AvgIpc) is 3.46. The summed E-state index contributed by atoms with van der Waals surface area (Å²) in [5.41, 5.74) is 1.02. The molecule has 0 unspecified atom stereocenters. The van der Waals surface area contributed by atoms with Crippen LogP contribution in [0.4, 0.5) is 5.82 Å². The lowest BCUT2D eigenvalue weighted by Gasteiger charge is -2.22. The zero-order valence-electron chi connectivity index (χ0n) is 21.3. The van der Waals surface area contributed by atoms with E-state index in [4.69, 9.17) is 37.0 Å². The molecular formula is C23H24Cl2N6O9P2. The van der Waals surface area contributed by atoms with E-state index in [0.717, 1.165) is 10.2 Å². The lowest BCUT2D eigenvalue weighted by atomic mass is 10.1. The Morgan fingerprint density at radius 3 is 2.43 bits per heavy atom. The minimum Gasteiger partial charge on any atom is -0.424 e. The Hall–Kier alpha value is -2.68. The minimum absolute atomic E-state index is 0.0460. The highest BCUT2D eigenvalue weighted by Crippen LogP contribution is 2.59. The van der Waals surface area contributed by atoms with Crippen molar-refractivity contribution in [2.45, 2.75) is 31.1 Å². The van der Waals surface area contributed by atoms with Crippen LogP contribution < -0.4 is 9.84 Å². The highest BCUT2D eigenvalue weighted by molar-refractivity contribution is 7.70. The Bertz CT molecular complexity index is 1660. The van der Waals surface area contributed by atoms with Crippen molar-refractivity contribution in [1.29, 1.82) is 0 Å². The number of halogens is 2. The molecule has 0 aliphatic carbocycles. The van der Waals surface area contributed by atoms with Gasteiger partial charge in [-0.2, -0.15) is 14.6 Å². The number of hydrogen-bond donors (Lipinski definition) is 5. The number of nitrogens with one attached hydrogen (secondary N) is 1. The first-order valence-corrected chi connectivity index (χ1v) is 16.5. The maximum atomic E-state index is 13.3. The Kier molecular flexibility index (Phi) is 9.16. The van der Waals surface area contributed by atoms with Crippen LogP contribution >= 0.6 is 38.4 Å². The van der Waals surface area contributed by atoms with E-state index in [2.05, 4.69) is 25.6 Å². The molecule has 19 heteroatoms. The fourth-order valence-electron chi connectivity index (χ4n) is 4.14. The van der Waals surface area contributed by atoms with Gasteiger partial charge in [0.25, 0.3) is 0 Å². The molecule has 5 atom stereocenters. The van der Waals surface area contributed by atoms with Gasteiger partial charge in [-0.05, 0) is 35.4 Å². The normalized spacial score (nSPS) is 22.2. The standard InChI is InChI=1S/C23H24Cl2N6O9P2/c24-15-9-5-4-6-13(15)10-26-20-17-21(28-23(25)27-20)31(30-29-17)22-19(33)18(32)16(39-22)11-38-42(37,12-41(34,35)36)40-14-7-2-1-3-8-14/h1-9,16,18-19,22,32-33H,10-12H2,(H,26,27,28)(H2,34,35,36)/t16-,18-,19-,22-,42-/m1/s1. The molecule has 0 amide bonds. The van der Waals surface area contributed by atoms with Crippen LogP contribution in [-0.2, 0) is 24.9 Å². The number of anilines is 1. The number of para-hydroxylation sites is 1. The maximum absolute atomic E-state index is 13.3. The van der Waals surface area contributed by atoms with Crippen molar-refractivity contribution in [3.05, 3.63) is 70.5 Å². The predicted molar refractivity (Wildman–Crippen MR) is 150 cm³/mol. The van der Waals surface area contributed by atoms with Crippen LogP contribution in [0.1, 0.15) is 11.8 Å². The lowest BCUT2D eigenvalue weighted by Crippen LogP contribution is -2.34. The summed E-state index contributed by atoms with van der Waals surface area (Å²) in [7, 11) is -9.31. The van der Waals surface area contributed by atoms with Crippen molar-refractivity contribution >= 4 is 55.4 Å². The molecule has 2 aromatic heterocycles. The summed E-state index contributed by atoms with van der Waals surface area (Å²) in [5.74, 6) is -0.957. The Morgan fingerprint density at radius 1 is 1.00 bits per heavy atom. The van der Waals surface area contributed by atoms with E-state index in [0.29, 0.717) is 5.02 Å². The second-order valence-electron chi connectivity index (χ2n) is 9.16. The van der Waals surface area contributed by atoms with Crippen LogP contribution in [0.25, 0.3) is 11.2 Å². The van der Waals surface area contributed by atoms with Crippen LogP contribution in [0.5, 0.6) is 5.75 Å². The topological polar surface area (TPSA) is 211 Å². The third-order valence-corrected chi connectivity index (χ3v) is 10.5. The lowest BCUT2D eigenvalue weighted by molar-refractivity contribution is -0.0548. The number of aromatic nitrogens is 5. The fourth-order valence-corrected chi connectivity index (χ4v) is 7.74. The first kappa shape index (κ1) is 30.8. The SMILES string of the molecule is O=P(O)(O)C[P@@](=O)(OC[C@H]1O[C@@H](n2nnc3c(NCc4ccccc4Cl)nc(Cl)nc32)[C@H](O)[C@@H]1O)Oc1ccccc1. The van der Waals surface area contributed by atoms with Gasteiger partial charge in [-0.1, -0.05) is 53.2 Å². The van der Waals surface area contributed by atoms with Crippen molar-refractivity contribution in [1.82, 2.24) is 25.0 Å². The zero-order chi connectivity index (χ0) is 30.1. The van der Waals surface area contributed by atoms with Crippen LogP contribution in [0.3, 0.4) is 0 Å². The molecule has 1 fully saturated rings. The molecule has 5 N–H and O–H groups in total. The largest absolute Gasteiger partial charge is 0.424 e. The minimum atomic E-state index is -4.86. The molecule has 0 bridgehead atoms. The van der Waals surface area contributed by atoms with E-state index in [9.17, 15) is 29.1 Å². The number of rotatable bonds is 11. The molecule has 15 nitrogen and oxygen atoms in total. The number of benzene rings is 2. The molecule has 0 saturated carbocycles. The second kappa shape index (κ2) is 12.5. The van der Waals surface area contributed by atoms with Gasteiger partial charge in [-0.3, -0.25) is 9.09 Å². The van der Waals surface area contributed by atoms with Gasteiger partial charge in [-0.25, -0.2) is 4.57 Å². The van der Waals surface area contributed by atoms with Crippen molar-refractivity contribution < 1.29 is 42.9 Å². The monoisotopic (exact) mass is 660 g/mol. The maximum Gasteiger partial charge on any atom is 0.391 e. The smallest absolute Gasteiger partial charge is 0.391 e. The zero-order valence-corrected chi connectivity index (χ0v) is 24.6. The van der Waals surface area contributed by atoms with Gasteiger partial charge in [0.2, 0.25) is 5.28 Å². The second-order valence-corrected chi connectivity index (χ2v) is 14.0. The molecule has 42 heavy (non-hydrogen) atoms. The van der Waals surface area contributed by atoms with Gasteiger partial charge >= 0.3 is 15.2 Å². The number of fused-ring (bicyclic) bond motifs is 1. The Balaban J connectivity index is 1.34. The van der Waals surface area contributed by atoms with Crippen molar-refractivity contribution in [3.63, 3.8) is 0 Å². The fraction of sp³-hybridized carbons (Fsp3) is 0.304. The number of aliphatic hydroxyl groups excluding tert-OH is 2. The van der Waals surface area contributed by atoms with Gasteiger partial charge in [0.05, 0.1) is 6.61 Å². The molecule has 2 aromatic carbocycles. The van der Waals surface area contributed by atoms with Crippen LogP contribution in [0.15, 0.2) is 54.6 Å². The third kappa shape index (κ3) is 7.09. The van der Waals surface area contributed by atoms with Crippen molar-refractivity contribution in [2.75, 3.05) is 17.8 Å². The van der Waals surface area contributed by atoms with Gasteiger partial charge in [0.15, 0.2) is 29.1 Å². The molecule has 1 aliphatic rings. The van der Waals surface area contributed by atoms with Crippen LogP contribution in [0, 0.1) is 0 Å². The quantitative estimate of drug-likeness (QED) is 0.115. The average molecular weight is 661 g/mol. The summed E-state index contributed by atoms with van der Waals surface area (Å²) < 4.78 is 42.4. The van der Waals surface area contributed by atoms with E-state index < -0.39 is 52.2 Å². The number of hydrogen-bond acceptors (Lipinski definition) is 12. The van der Waals surface area contributed by atoms with Crippen molar-refractivity contribution in [2.24, 2.45) is 0 Å². The van der Waals surface area contributed by atoms with Gasteiger partial charge < -0.3 is 34.6 Å². The van der Waals surface area contributed by atoms with E-state index in [-0.39, 0.29) is 34.6 Å². The summed E-state index contributed by atoms with van der Waals surface area (Å²) in [6.07, 6.45) is -5.85. The predicted octanol–water partition coefficient (Wildman–Crippen LogP) is 3.18. The molecule has 5 rings (SSSR count). The molecule has 4 aromatic rings. The van der Waals surface area contributed by atoms with Crippen LogP contribution in [-0.4, -0.2) is 75.8 Å². The molecule has 1 aliphatic heterocycles. The summed E-state index contributed by atoms with van der Waals surface area (Å²) in [4.78, 5) is 27.2. The van der Waals surface area contributed by atoms with E-state index >= 15 is 0 Å². The van der Waals surface area contributed by atoms with Crippen molar-refractivity contribution in [3.8, 4) is 5.75 Å². The molecule has 0 spiro atoms. The Labute approximate surface area is 248 Å². The Morgan fingerprint density at radius 2 is 1.71 bits per heavy atom. The molecule has 1 saturated heterocycles. The first-order chi connectivity index (χ1) is 19.9. The van der Waals surface area contributed by atoms with E-state index in [1.54, 1.807) is 30.3 Å². The number of aliphatic hydroxyl groups is 2.